The average molecular weight is 159 g/mol. The third-order valence-corrected chi connectivity index (χ3v) is 0.989. The SMILES string of the molecule is NC(=O)[14c]1nc(F)c[nH]c1=O. The van der Waals surface area contributed by atoms with Gasteiger partial charge < -0.3 is 10.7 Å². The molecule has 1 heterocycles. The van der Waals surface area contributed by atoms with Gasteiger partial charge in [0.2, 0.25) is 5.95 Å². The molecule has 0 aliphatic carbocycles. The Morgan fingerprint density at radius 3 is 2.91 bits per heavy atom. The van der Waals surface area contributed by atoms with Crippen LogP contribution in [0, 0.1) is 5.95 Å². The number of H-pyrrole nitrogens is 1. The maximum absolute atomic E-state index is 12.2. The Hall–Kier alpha value is -1.72. The summed E-state index contributed by atoms with van der Waals surface area (Å²) in [5.41, 5.74) is 3.28. The summed E-state index contributed by atoms with van der Waals surface area (Å²) < 4.78 is 12.2. The molecule has 58 valence electrons. The van der Waals surface area contributed by atoms with Gasteiger partial charge >= 0.3 is 0 Å². The number of hydrogen-bond acceptors (Lipinski definition) is 3. The predicted molar refractivity (Wildman–Crippen MR) is 33.3 cm³/mol. The van der Waals surface area contributed by atoms with Crippen molar-refractivity contribution in [2.45, 2.75) is 0 Å². The minimum atomic E-state index is -1.05. The Bertz CT molecular complexity index is 346. The zero-order valence-corrected chi connectivity index (χ0v) is 5.30. The van der Waals surface area contributed by atoms with Crippen molar-refractivity contribution in [2.24, 2.45) is 5.73 Å². The van der Waals surface area contributed by atoms with E-state index in [-0.39, 0.29) is 0 Å². The molecule has 0 radical (unpaired) electrons. The smallest absolute Gasteiger partial charge is 0.279 e. The summed E-state index contributed by atoms with van der Waals surface area (Å²) in [6, 6.07) is 0. The van der Waals surface area contributed by atoms with Crippen LogP contribution in [-0.2, 0) is 0 Å². The Balaban J connectivity index is 3.35. The number of carbonyl (C=O) groups excluding carboxylic acids is 1. The van der Waals surface area contributed by atoms with Crippen molar-refractivity contribution in [1.82, 2.24) is 9.97 Å². The van der Waals surface area contributed by atoms with Gasteiger partial charge in [-0.05, 0) is 0 Å². The molecule has 6 heteroatoms. The molecule has 0 atom stereocenters. The molecule has 0 aliphatic heterocycles. The summed E-state index contributed by atoms with van der Waals surface area (Å²) in [5, 5.41) is 0. The number of carbonyl (C=O) groups is 1. The summed E-state index contributed by atoms with van der Waals surface area (Å²) in [5.74, 6) is -2.00. The fourth-order valence-electron chi connectivity index (χ4n) is 0.550. The molecule has 11 heavy (non-hydrogen) atoms. The van der Waals surface area contributed by atoms with Crippen LogP contribution in [0.15, 0.2) is 11.0 Å². The van der Waals surface area contributed by atoms with E-state index in [2.05, 4.69) is 4.98 Å². The lowest BCUT2D eigenvalue weighted by Crippen LogP contribution is -2.25. The van der Waals surface area contributed by atoms with Crippen LogP contribution >= 0.6 is 0 Å². The maximum atomic E-state index is 12.2. The number of nitrogens with one attached hydrogen (secondary N) is 1. The van der Waals surface area contributed by atoms with Gasteiger partial charge in [-0.15, -0.1) is 0 Å². The summed E-state index contributed by atoms with van der Waals surface area (Å²) in [6.45, 7) is 0. The number of primary amides is 1. The third-order valence-electron chi connectivity index (χ3n) is 0.989. The molecule has 0 saturated carbocycles. The van der Waals surface area contributed by atoms with E-state index < -0.39 is 23.1 Å². The number of amides is 1. The Kier molecular flexibility index (Phi) is 1.67. The number of nitrogens with zero attached hydrogens (tertiary/aromatic N) is 1. The summed E-state index contributed by atoms with van der Waals surface area (Å²) >= 11 is 0. The molecule has 3 N–H and O–H groups in total. The highest BCUT2D eigenvalue weighted by Gasteiger charge is 2.08. The molecule has 0 saturated heterocycles. The zero-order chi connectivity index (χ0) is 8.43. The molecule has 1 aromatic heterocycles. The normalized spacial score (nSPS) is 9.55. The van der Waals surface area contributed by atoms with E-state index in [4.69, 9.17) is 5.73 Å². The first-order chi connectivity index (χ1) is 5.11. The van der Waals surface area contributed by atoms with E-state index in [0.717, 1.165) is 6.20 Å². The lowest BCUT2D eigenvalue weighted by Gasteiger charge is -1.91. The quantitative estimate of drug-likeness (QED) is 0.551. The third kappa shape index (κ3) is 1.40. The topological polar surface area (TPSA) is 88.8 Å². The Morgan fingerprint density at radius 1 is 1.82 bits per heavy atom. The van der Waals surface area contributed by atoms with E-state index in [0.29, 0.717) is 0 Å². The Labute approximate surface area is 60.1 Å². The average Bonchev–Trinajstić information content (AvgIpc) is 1.94. The van der Waals surface area contributed by atoms with E-state index >= 15 is 0 Å². The van der Waals surface area contributed by atoms with Gasteiger partial charge in [0.15, 0.2) is 5.69 Å². The lowest BCUT2D eigenvalue weighted by molar-refractivity contribution is 0.0992. The van der Waals surface area contributed by atoms with E-state index in [1.165, 1.54) is 0 Å². The second-order valence-corrected chi connectivity index (χ2v) is 1.77. The van der Waals surface area contributed by atoms with Crippen LogP contribution < -0.4 is 11.3 Å². The van der Waals surface area contributed by atoms with Gasteiger partial charge in [-0.1, -0.05) is 0 Å². The standard InChI is InChI=1S/C5H4FN3O2/c6-2-1-8-5(11)3(9-2)4(7)10/h1H,(H2,7,10)(H,8,11)/i3+2. The number of halogens is 1. The molecule has 1 amide bonds. The van der Waals surface area contributed by atoms with Gasteiger partial charge in [-0.3, -0.25) is 9.59 Å². The molecule has 1 rings (SSSR count). The van der Waals surface area contributed by atoms with Crippen LogP contribution in [0.5, 0.6) is 0 Å². The number of nitrogens with two attached hydrogens (primary N) is 1. The van der Waals surface area contributed by atoms with Crippen molar-refractivity contribution in [3.05, 3.63) is 28.2 Å². The number of rotatable bonds is 1. The molecule has 0 aliphatic rings. The molecule has 0 spiro atoms. The van der Waals surface area contributed by atoms with E-state index in [1.807, 2.05) is 4.98 Å². The molecule has 5 nitrogen and oxygen atoms in total. The summed E-state index contributed by atoms with van der Waals surface area (Å²) in [4.78, 5) is 25.9. The largest absolute Gasteiger partial charge is 0.364 e. The first-order valence-electron chi connectivity index (χ1n) is 2.66. The molecular weight excluding hydrogens is 155 g/mol. The summed E-state index contributed by atoms with van der Waals surface area (Å²) in [6.07, 6.45) is 0.745. The monoisotopic (exact) mass is 159 g/mol. The molecule has 0 aromatic carbocycles. The highest BCUT2D eigenvalue weighted by Crippen LogP contribution is 1.86. The van der Waals surface area contributed by atoms with Gasteiger partial charge in [-0.25, -0.2) is 4.98 Å². The first kappa shape index (κ1) is 7.39. The van der Waals surface area contributed by atoms with E-state index in [1.54, 1.807) is 0 Å². The number of hydrogen-bond donors (Lipinski definition) is 2. The van der Waals surface area contributed by atoms with Gasteiger partial charge in [0.05, 0.1) is 6.20 Å². The van der Waals surface area contributed by atoms with Crippen LogP contribution in [0.3, 0.4) is 0 Å². The van der Waals surface area contributed by atoms with Crippen molar-refractivity contribution in [2.75, 3.05) is 0 Å². The van der Waals surface area contributed by atoms with Crippen molar-refractivity contribution in [1.29, 1.82) is 0 Å². The van der Waals surface area contributed by atoms with Gasteiger partial charge in [0, 0.05) is 0 Å². The molecule has 1 aromatic rings. The fraction of sp³-hybridized carbons (Fsp3) is 0. The fourth-order valence-corrected chi connectivity index (χ4v) is 0.550. The van der Waals surface area contributed by atoms with Gasteiger partial charge in [0.25, 0.3) is 11.5 Å². The molecule has 0 bridgehead atoms. The van der Waals surface area contributed by atoms with E-state index in [9.17, 15) is 14.0 Å². The molecule has 0 fully saturated rings. The minimum absolute atomic E-state index is 0.620. The molecule has 0 unspecified atom stereocenters. The van der Waals surface area contributed by atoms with Crippen molar-refractivity contribution in [3.63, 3.8) is 0 Å². The Morgan fingerprint density at radius 2 is 2.45 bits per heavy atom. The van der Waals surface area contributed by atoms with Crippen molar-refractivity contribution >= 4 is 5.91 Å². The minimum Gasteiger partial charge on any atom is -0.364 e. The number of aromatic amines is 1. The van der Waals surface area contributed by atoms with Crippen LogP contribution in [0.2, 0.25) is 0 Å². The second kappa shape index (κ2) is 2.49. The second-order valence-electron chi connectivity index (χ2n) is 1.77. The number of aromatic nitrogens is 2. The first-order valence-corrected chi connectivity index (χ1v) is 2.66. The predicted octanol–water partition coefficient (Wildman–Crippen LogP) is -0.992. The molecular formula is C5H4FN3O2. The van der Waals surface area contributed by atoms with Crippen molar-refractivity contribution in [3.8, 4) is 0 Å². The van der Waals surface area contributed by atoms with Crippen LogP contribution in [0.1, 0.15) is 10.5 Å². The zero-order valence-electron chi connectivity index (χ0n) is 5.30. The van der Waals surface area contributed by atoms with Crippen LogP contribution in [0.4, 0.5) is 4.39 Å². The maximum Gasteiger partial charge on any atom is 0.279 e. The van der Waals surface area contributed by atoms with Gasteiger partial charge in [0.1, 0.15) is 0 Å². The summed E-state index contributed by atoms with van der Waals surface area (Å²) in [7, 11) is 0. The van der Waals surface area contributed by atoms with Crippen molar-refractivity contribution < 1.29 is 9.18 Å². The lowest BCUT2D eigenvalue weighted by atomic mass is 10.8. The van der Waals surface area contributed by atoms with Crippen LogP contribution in [0.25, 0.3) is 0 Å². The van der Waals surface area contributed by atoms with Gasteiger partial charge in [-0.2, -0.15) is 4.39 Å². The highest BCUT2D eigenvalue weighted by atomic mass is 19.1. The highest BCUT2D eigenvalue weighted by molar-refractivity contribution is 5.90. The van der Waals surface area contributed by atoms with Crippen LogP contribution in [-0.4, -0.2) is 15.9 Å².